The lowest BCUT2D eigenvalue weighted by Gasteiger charge is -2.32. The number of para-hydroxylation sites is 1. The van der Waals surface area contributed by atoms with Gasteiger partial charge in [-0.2, -0.15) is 5.10 Å². The van der Waals surface area contributed by atoms with Gasteiger partial charge in [0.1, 0.15) is 11.9 Å². The Bertz CT molecular complexity index is 706. The van der Waals surface area contributed by atoms with Crippen molar-refractivity contribution in [3.8, 4) is 5.75 Å². The molecule has 1 aliphatic rings. The second-order valence-electron chi connectivity index (χ2n) is 5.81. The molecule has 0 bridgehead atoms. The van der Waals surface area contributed by atoms with Crippen LogP contribution in [0.1, 0.15) is 28.9 Å². The molecule has 2 heterocycles. The highest BCUT2D eigenvalue weighted by Gasteiger charge is 2.26. The smallest absolute Gasteiger partial charge is 0.257 e. The Balaban J connectivity index is 1.59. The molecular formula is C17H20ClN3O2. The minimum Gasteiger partial charge on any atom is -0.489 e. The number of piperidine rings is 1. The zero-order chi connectivity index (χ0) is 16.4. The van der Waals surface area contributed by atoms with Crippen LogP contribution in [0.15, 0.2) is 30.5 Å². The Morgan fingerprint density at radius 3 is 2.61 bits per heavy atom. The molecule has 0 unspecified atom stereocenters. The first kappa shape index (κ1) is 15.9. The molecule has 0 aliphatic carbocycles. The molecule has 2 aromatic rings. The van der Waals surface area contributed by atoms with Crippen molar-refractivity contribution in [2.24, 2.45) is 7.05 Å². The molecule has 6 heteroatoms. The first-order valence-electron chi connectivity index (χ1n) is 7.75. The van der Waals surface area contributed by atoms with E-state index in [0.717, 1.165) is 18.5 Å². The van der Waals surface area contributed by atoms with Crippen LogP contribution in [-0.2, 0) is 7.05 Å². The lowest BCUT2D eigenvalue weighted by atomic mass is 10.1. The van der Waals surface area contributed by atoms with Crippen LogP contribution in [-0.4, -0.2) is 39.8 Å². The summed E-state index contributed by atoms with van der Waals surface area (Å²) in [5, 5.41) is 4.76. The second kappa shape index (κ2) is 6.62. The highest BCUT2D eigenvalue weighted by Crippen LogP contribution is 2.27. The van der Waals surface area contributed by atoms with Crippen molar-refractivity contribution in [1.82, 2.24) is 14.7 Å². The molecule has 0 spiro atoms. The summed E-state index contributed by atoms with van der Waals surface area (Å²) in [5.74, 6) is 0.758. The van der Waals surface area contributed by atoms with Crippen molar-refractivity contribution in [2.45, 2.75) is 25.9 Å². The molecule has 0 saturated carbocycles. The Kier molecular flexibility index (Phi) is 4.57. The van der Waals surface area contributed by atoms with E-state index in [1.54, 1.807) is 10.9 Å². The Morgan fingerprint density at radius 2 is 2.00 bits per heavy atom. The van der Waals surface area contributed by atoms with Gasteiger partial charge < -0.3 is 9.64 Å². The second-order valence-corrected chi connectivity index (χ2v) is 6.21. The molecular weight excluding hydrogens is 314 g/mol. The van der Waals surface area contributed by atoms with E-state index < -0.39 is 0 Å². The number of halogens is 1. The third-order valence-corrected chi connectivity index (χ3v) is 4.64. The summed E-state index contributed by atoms with van der Waals surface area (Å²) in [5.41, 5.74) is 1.57. The minimum absolute atomic E-state index is 0.0480. The number of likely N-dealkylation sites (tertiary alicyclic amines) is 1. The molecule has 1 fully saturated rings. The first-order valence-corrected chi connectivity index (χ1v) is 8.13. The Hall–Kier alpha value is -2.01. The summed E-state index contributed by atoms with van der Waals surface area (Å²) < 4.78 is 7.68. The van der Waals surface area contributed by atoms with Gasteiger partial charge in [-0.25, -0.2) is 0 Å². The molecule has 5 nitrogen and oxygen atoms in total. The predicted molar refractivity (Wildman–Crippen MR) is 89.0 cm³/mol. The maximum atomic E-state index is 12.6. The third-order valence-electron chi connectivity index (χ3n) is 4.33. The number of carbonyl (C=O) groups excluding carboxylic acids is 1. The van der Waals surface area contributed by atoms with E-state index in [1.165, 1.54) is 0 Å². The number of aryl methyl sites for hydroxylation is 1. The average molecular weight is 334 g/mol. The summed E-state index contributed by atoms with van der Waals surface area (Å²) in [6.45, 7) is 3.28. The molecule has 1 aromatic heterocycles. The minimum atomic E-state index is 0.0480. The largest absolute Gasteiger partial charge is 0.489 e. The molecule has 0 radical (unpaired) electrons. The monoisotopic (exact) mass is 333 g/mol. The highest BCUT2D eigenvalue weighted by molar-refractivity contribution is 6.32. The number of amides is 1. The summed E-state index contributed by atoms with van der Waals surface area (Å²) in [6.07, 6.45) is 3.34. The van der Waals surface area contributed by atoms with Gasteiger partial charge in [-0.1, -0.05) is 23.7 Å². The topological polar surface area (TPSA) is 47.4 Å². The van der Waals surface area contributed by atoms with Crippen LogP contribution in [0.3, 0.4) is 0 Å². The van der Waals surface area contributed by atoms with Gasteiger partial charge in [0, 0.05) is 38.7 Å². The number of nitrogens with zero attached hydrogens (tertiary/aromatic N) is 3. The van der Waals surface area contributed by atoms with E-state index in [9.17, 15) is 4.79 Å². The number of hydrogen-bond donors (Lipinski definition) is 0. The number of benzene rings is 1. The summed E-state index contributed by atoms with van der Waals surface area (Å²) >= 11 is 6.12. The fourth-order valence-electron chi connectivity index (χ4n) is 2.78. The van der Waals surface area contributed by atoms with E-state index in [2.05, 4.69) is 5.10 Å². The maximum Gasteiger partial charge on any atom is 0.257 e. The number of aromatic nitrogens is 2. The third kappa shape index (κ3) is 3.34. The van der Waals surface area contributed by atoms with Crippen LogP contribution < -0.4 is 4.74 Å². The average Bonchev–Trinajstić information content (AvgIpc) is 2.89. The summed E-state index contributed by atoms with van der Waals surface area (Å²) in [6, 6.07) is 7.48. The highest BCUT2D eigenvalue weighted by atomic mass is 35.5. The molecule has 23 heavy (non-hydrogen) atoms. The zero-order valence-electron chi connectivity index (χ0n) is 13.3. The lowest BCUT2D eigenvalue weighted by molar-refractivity contribution is 0.0595. The van der Waals surface area contributed by atoms with Gasteiger partial charge in [-0.3, -0.25) is 9.48 Å². The number of ether oxygens (including phenoxy) is 1. The maximum absolute atomic E-state index is 12.6. The zero-order valence-corrected chi connectivity index (χ0v) is 14.1. The predicted octanol–water partition coefficient (Wildman–Crippen LogP) is 3.07. The van der Waals surface area contributed by atoms with Crippen molar-refractivity contribution < 1.29 is 9.53 Å². The van der Waals surface area contributed by atoms with Crippen LogP contribution in [0.4, 0.5) is 0 Å². The molecule has 0 N–H and O–H groups in total. The van der Waals surface area contributed by atoms with Crippen molar-refractivity contribution in [3.63, 3.8) is 0 Å². The Labute approximate surface area is 140 Å². The van der Waals surface area contributed by atoms with E-state index >= 15 is 0 Å². The van der Waals surface area contributed by atoms with Gasteiger partial charge in [0.2, 0.25) is 0 Å². The van der Waals surface area contributed by atoms with E-state index in [1.807, 2.05) is 43.1 Å². The summed E-state index contributed by atoms with van der Waals surface area (Å²) in [4.78, 5) is 14.4. The van der Waals surface area contributed by atoms with E-state index in [-0.39, 0.29) is 12.0 Å². The van der Waals surface area contributed by atoms with Crippen LogP contribution >= 0.6 is 11.6 Å². The molecule has 1 aliphatic heterocycles. The van der Waals surface area contributed by atoms with Gasteiger partial charge in [0.05, 0.1) is 16.8 Å². The van der Waals surface area contributed by atoms with Gasteiger partial charge in [-0.05, 0) is 19.1 Å². The van der Waals surface area contributed by atoms with E-state index in [4.69, 9.17) is 16.3 Å². The quantitative estimate of drug-likeness (QED) is 0.867. The number of rotatable bonds is 3. The number of hydrogen-bond acceptors (Lipinski definition) is 3. The van der Waals surface area contributed by atoms with Crippen LogP contribution in [0.2, 0.25) is 5.02 Å². The van der Waals surface area contributed by atoms with Gasteiger partial charge >= 0.3 is 0 Å². The molecule has 1 saturated heterocycles. The molecule has 122 valence electrons. The summed E-state index contributed by atoms with van der Waals surface area (Å²) in [7, 11) is 1.84. The standard InChI is InChI=1S/C17H20ClN3O2/c1-12-14(11-19-20(12)2)17(22)21-9-7-13(8-10-21)23-16-6-4-3-5-15(16)18/h3-6,11,13H,7-10H2,1-2H3. The van der Waals surface area contributed by atoms with Gasteiger partial charge in [-0.15, -0.1) is 0 Å². The van der Waals surface area contributed by atoms with Crippen molar-refractivity contribution >= 4 is 17.5 Å². The molecule has 3 rings (SSSR count). The first-order chi connectivity index (χ1) is 11.1. The lowest BCUT2D eigenvalue weighted by Crippen LogP contribution is -2.42. The van der Waals surface area contributed by atoms with Crippen molar-refractivity contribution in [3.05, 3.63) is 46.7 Å². The van der Waals surface area contributed by atoms with Crippen molar-refractivity contribution in [1.29, 1.82) is 0 Å². The van der Waals surface area contributed by atoms with Gasteiger partial charge in [0.15, 0.2) is 0 Å². The molecule has 0 atom stereocenters. The Morgan fingerprint density at radius 1 is 1.30 bits per heavy atom. The number of carbonyl (C=O) groups is 1. The molecule has 1 amide bonds. The van der Waals surface area contributed by atoms with Crippen LogP contribution in [0, 0.1) is 6.92 Å². The van der Waals surface area contributed by atoms with Crippen molar-refractivity contribution in [2.75, 3.05) is 13.1 Å². The van der Waals surface area contributed by atoms with Gasteiger partial charge in [0.25, 0.3) is 5.91 Å². The fourth-order valence-corrected chi connectivity index (χ4v) is 2.96. The fraction of sp³-hybridized carbons (Fsp3) is 0.412. The normalized spacial score (nSPS) is 15.7. The van der Waals surface area contributed by atoms with E-state index in [0.29, 0.717) is 29.4 Å². The van der Waals surface area contributed by atoms with Crippen LogP contribution in [0.5, 0.6) is 5.75 Å². The molecule has 1 aromatic carbocycles. The van der Waals surface area contributed by atoms with Crippen LogP contribution in [0.25, 0.3) is 0 Å². The SMILES string of the molecule is Cc1c(C(=O)N2CCC(Oc3ccccc3Cl)CC2)cnn1C.